The van der Waals surface area contributed by atoms with Crippen molar-refractivity contribution in [2.45, 2.75) is 13.8 Å². The highest BCUT2D eigenvalue weighted by molar-refractivity contribution is 6.33. The Bertz CT molecular complexity index is 200. The summed E-state index contributed by atoms with van der Waals surface area (Å²) in [6.45, 7) is 7.53. The van der Waals surface area contributed by atoms with Crippen molar-refractivity contribution in [3.05, 3.63) is 34.9 Å². The van der Waals surface area contributed by atoms with Crippen LogP contribution in [0, 0.1) is 0 Å². The summed E-state index contributed by atoms with van der Waals surface area (Å²) in [6.07, 6.45) is 3.91. The molecule has 0 bridgehead atoms. The maximum Gasteiger partial charge on any atom is 0.0491 e. The lowest BCUT2D eigenvalue weighted by Crippen LogP contribution is -1.87. The van der Waals surface area contributed by atoms with Crippen molar-refractivity contribution >= 4 is 23.2 Å². The molecule has 0 atom stereocenters. The summed E-state index contributed by atoms with van der Waals surface area (Å²) in [5.74, 6) is 0.415. The van der Waals surface area contributed by atoms with Gasteiger partial charge in [0.2, 0.25) is 0 Å². The highest BCUT2D eigenvalue weighted by atomic mass is 35.5. The van der Waals surface area contributed by atoms with Crippen LogP contribution in [0.5, 0.6) is 0 Å². The van der Waals surface area contributed by atoms with Crippen LogP contribution in [0.2, 0.25) is 0 Å². The van der Waals surface area contributed by atoms with E-state index in [1.165, 1.54) is 0 Å². The molecule has 0 fully saturated rings. The first kappa shape index (κ1) is 10.8. The van der Waals surface area contributed by atoms with Crippen molar-refractivity contribution < 1.29 is 0 Å². The van der Waals surface area contributed by atoms with Gasteiger partial charge < -0.3 is 0 Å². The molecule has 11 heavy (non-hydrogen) atoms. The van der Waals surface area contributed by atoms with Gasteiger partial charge in [-0.2, -0.15) is 0 Å². The zero-order chi connectivity index (χ0) is 8.85. The molecule has 0 unspecified atom stereocenters. The Balaban J connectivity index is 4.67. The molecule has 0 N–H and O–H groups in total. The topological polar surface area (TPSA) is 0 Å². The van der Waals surface area contributed by atoms with Crippen LogP contribution in [0.3, 0.4) is 0 Å². The first-order chi connectivity index (χ1) is 5.13. The fourth-order valence-electron chi connectivity index (χ4n) is 0.742. The summed E-state index contributed by atoms with van der Waals surface area (Å²) < 4.78 is 0. The third kappa shape index (κ3) is 3.64. The largest absolute Gasteiger partial charge is 0.121 e. The second kappa shape index (κ2) is 5.45. The molecular weight excluding hydrogens is 179 g/mol. The summed E-state index contributed by atoms with van der Waals surface area (Å²) in [6, 6.07) is 0. The quantitative estimate of drug-likeness (QED) is 0.469. The second-order valence-corrected chi connectivity index (χ2v) is 2.92. The molecule has 0 rings (SSSR count). The van der Waals surface area contributed by atoms with E-state index in [1.54, 1.807) is 0 Å². The maximum absolute atomic E-state index is 5.70. The van der Waals surface area contributed by atoms with E-state index in [0.29, 0.717) is 10.9 Å². The Morgan fingerprint density at radius 3 is 2.36 bits per heavy atom. The number of halogens is 2. The molecule has 0 aliphatic rings. The fraction of sp³-hybridized carbons (Fsp3) is 0.333. The van der Waals surface area contributed by atoms with Gasteiger partial charge in [0.15, 0.2) is 0 Å². The van der Waals surface area contributed by atoms with Crippen molar-refractivity contribution in [2.75, 3.05) is 5.88 Å². The Hall–Kier alpha value is -0.200. The van der Waals surface area contributed by atoms with Gasteiger partial charge in [-0.05, 0) is 25.0 Å². The first-order valence-electron chi connectivity index (χ1n) is 3.36. The molecule has 0 saturated heterocycles. The first-order valence-corrected chi connectivity index (χ1v) is 4.28. The molecule has 0 nitrogen and oxygen atoms in total. The van der Waals surface area contributed by atoms with Gasteiger partial charge in [0.1, 0.15) is 0 Å². The van der Waals surface area contributed by atoms with Gasteiger partial charge in [-0.1, -0.05) is 30.3 Å². The predicted octanol–water partition coefficient (Wildman–Crippen LogP) is 3.87. The monoisotopic (exact) mass is 190 g/mol. The van der Waals surface area contributed by atoms with Crippen LogP contribution < -0.4 is 0 Å². The van der Waals surface area contributed by atoms with Crippen LogP contribution in [-0.4, -0.2) is 5.88 Å². The van der Waals surface area contributed by atoms with Crippen LogP contribution >= 0.6 is 23.2 Å². The second-order valence-electron chi connectivity index (χ2n) is 2.20. The van der Waals surface area contributed by atoms with E-state index in [0.717, 1.165) is 11.1 Å². The molecule has 0 aromatic heterocycles. The average molecular weight is 191 g/mol. The van der Waals surface area contributed by atoms with Gasteiger partial charge in [-0.15, -0.1) is 11.6 Å². The van der Waals surface area contributed by atoms with Crippen LogP contribution in [0.15, 0.2) is 34.9 Å². The Labute approximate surface area is 78.2 Å². The normalized spacial score (nSPS) is 13.5. The lowest BCUT2D eigenvalue weighted by molar-refractivity contribution is 1.36. The predicted molar refractivity (Wildman–Crippen MR) is 53.2 cm³/mol. The molecule has 2 heteroatoms. The van der Waals surface area contributed by atoms with Gasteiger partial charge in [-0.3, -0.25) is 0 Å². The highest BCUT2D eigenvalue weighted by Crippen LogP contribution is 2.18. The number of hydrogen-bond acceptors (Lipinski definition) is 0. The molecule has 62 valence electrons. The summed E-state index contributed by atoms with van der Waals surface area (Å²) in [7, 11) is 0. The fourth-order valence-corrected chi connectivity index (χ4v) is 1.40. The molecule has 0 spiro atoms. The van der Waals surface area contributed by atoms with Crippen LogP contribution in [0.25, 0.3) is 0 Å². The van der Waals surface area contributed by atoms with Crippen molar-refractivity contribution in [2.24, 2.45) is 0 Å². The Morgan fingerprint density at radius 1 is 1.55 bits per heavy atom. The molecule has 0 amide bonds. The summed E-state index contributed by atoms with van der Waals surface area (Å²) in [5, 5.41) is 0.524. The minimum absolute atomic E-state index is 0.415. The van der Waals surface area contributed by atoms with Crippen LogP contribution in [-0.2, 0) is 0 Å². The molecule has 0 aromatic rings. The lowest BCUT2D eigenvalue weighted by atomic mass is 10.1. The molecule has 0 aliphatic heterocycles. The van der Waals surface area contributed by atoms with E-state index < -0.39 is 0 Å². The summed E-state index contributed by atoms with van der Waals surface area (Å²) >= 11 is 11.4. The minimum atomic E-state index is 0.415. The van der Waals surface area contributed by atoms with Crippen molar-refractivity contribution in [1.29, 1.82) is 0 Å². The maximum atomic E-state index is 5.70. The van der Waals surface area contributed by atoms with E-state index in [2.05, 4.69) is 6.58 Å². The molecule has 0 aromatic carbocycles. The van der Waals surface area contributed by atoms with E-state index in [-0.39, 0.29) is 0 Å². The number of hydrogen-bond donors (Lipinski definition) is 0. The molecule has 0 radical (unpaired) electrons. The number of allylic oxidation sites excluding steroid dienone is 5. The van der Waals surface area contributed by atoms with Gasteiger partial charge >= 0.3 is 0 Å². The minimum Gasteiger partial charge on any atom is -0.121 e. The Morgan fingerprint density at radius 2 is 2.09 bits per heavy atom. The van der Waals surface area contributed by atoms with Gasteiger partial charge in [-0.25, -0.2) is 0 Å². The zero-order valence-electron chi connectivity index (χ0n) is 6.82. The smallest absolute Gasteiger partial charge is 0.0491 e. The highest BCUT2D eigenvalue weighted by Gasteiger charge is 2.00. The third-order valence-electron chi connectivity index (χ3n) is 1.35. The number of rotatable bonds is 3. The van der Waals surface area contributed by atoms with Gasteiger partial charge in [0, 0.05) is 10.9 Å². The van der Waals surface area contributed by atoms with Crippen LogP contribution in [0.1, 0.15) is 13.8 Å². The van der Waals surface area contributed by atoms with Gasteiger partial charge in [0.05, 0.1) is 0 Å². The van der Waals surface area contributed by atoms with Crippen LogP contribution in [0.4, 0.5) is 0 Å². The standard InChI is InChI=1S/C9H12Cl2/c1-4-5-7(2)9(6-10)8(3)11/h4-5H,3,6H2,1-2H3/b5-4-,9-7-. The Kier molecular flexibility index (Phi) is 5.35. The van der Waals surface area contributed by atoms with Crippen molar-refractivity contribution in [1.82, 2.24) is 0 Å². The average Bonchev–Trinajstić information content (AvgIpc) is 1.88. The van der Waals surface area contributed by atoms with Gasteiger partial charge in [0.25, 0.3) is 0 Å². The van der Waals surface area contributed by atoms with Crippen molar-refractivity contribution in [3.63, 3.8) is 0 Å². The van der Waals surface area contributed by atoms with Crippen molar-refractivity contribution in [3.8, 4) is 0 Å². The molecule has 0 heterocycles. The SMILES string of the molecule is C=C(Cl)/C(CCl)=C(C)\C=C/C. The lowest BCUT2D eigenvalue weighted by Gasteiger charge is -2.02. The van der Waals surface area contributed by atoms with E-state index in [4.69, 9.17) is 23.2 Å². The molecule has 0 saturated carbocycles. The third-order valence-corrected chi connectivity index (χ3v) is 1.85. The van der Waals surface area contributed by atoms with E-state index >= 15 is 0 Å². The molecular formula is C9H12Cl2. The van der Waals surface area contributed by atoms with E-state index in [9.17, 15) is 0 Å². The molecule has 0 aliphatic carbocycles. The zero-order valence-corrected chi connectivity index (χ0v) is 8.34. The summed E-state index contributed by atoms with van der Waals surface area (Å²) in [4.78, 5) is 0. The number of alkyl halides is 1. The van der Waals surface area contributed by atoms with E-state index in [1.807, 2.05) is 26.0 Å². The summed E-state index contributed by atoms with van der Waals surface area (Å²) in [5.41, 5.74) is 1.98.